The van der Waals surface area contributed by atoms with Crippen molar-refractivity contribution < 1.29 is 4.79 Å². The highest BCUT2D eigenvalue weighted by Crippen LogP contribution is 2.20. The van der Waals surface area contributed by atoms with E-state index in [1.54, 1.807) is 11.3 Å². The Morgan fingerprint density at radius 3 is 2.71 bits per heavy atom. The zero-order chi connectivity index (χ0) is 15.2. The molecule has 0 unspecified atom stereocenters. The number of rotatable bonds is 6. The maximum atomic E-state index is 11.1. The SMILES string of the molecule is CC(=O)Nc1cccc([C@H](C)NC[C@@H](C)c2ccsc2)c1. The van der Waals surface area contributed by atoms with Gasteiger partial charge in [0.2, 0.25) is 5.91 Å². The quantitative estimate of drug-likeness (QED) is 0.841. The normalized spacial score (nSPS) is 13.7. The Bertz CT molecular complexity index is 580. The predicted octanol–water partition coefficient (Wildman–Crippen LogP) is 4.16. The van der Waals surface area contributed by atoms with E-state index in [2.05, 4.69) is 47.4 Å². The lowest BCUT2D eigenvalue weighted by molar-refractivity contribution is -0.114. The molecular formula is C17H22N2OS. The maximum Gasteiger partial charge on any atom is 0.221 e. The van der Waals surface area contributed by atoms with Crippen molar-refractivity contribution in [1.82, 2.24) is 5.32 Å². The van der Waals surface area contributed by atoms with E-state index < -0.39 is 0 Å². The Balaban J connectivity index is 1.93. The fraction of sp³-hybridized carbons (Fsp3) is 0.353. The van der Waals surface area contributed by atoms with Crippen molar-refractivity contribution in [1.29, 1.82) is 0 Å². The maximum absolute atomic E-state index is 11.1. The second-order valence-electron chi connectivity index (χ2n) is 5.39. The van der Waals surface area contributed by atoms with E-state index in [1.807, 2.05) is 18.2 Å². The molecule has 21 heavy (non-hydrogen) atoms. The Morgan fingerprint density at radius 2 is 2.05 bits per heavy atom. The van der Waals surface area contributed by atoms with Crippen molar-refractivity contribution >= 4 is 22.9 Å². The van der Waals surface area contributed by atoms with E-state index in [0.29, 0.717) is 5.92 Å². The van der Waals surface area contributed by atoms with Crippen LogP contribution < -0.4 is 10.6 Å². The summed E-state index contributed by atoms with van der Waals surface area (Å²) in [4.78, 5) is 11.1. The molecule has 1 aromatic heterocycles. The molecule has 0 saturated carbocycles. The first-order valence-corrected chi connectivity index (χ1v) is 8.13. The van der Waals surface area contributed by atoms with E-state index in [1.165, 1.54) is 18.1 Å². The summed E-state index contributed by atoms with van der Waals surface area (Å²) in [5.41, 5.74) is 3.41. The lowest BCUT2D eigenvalue weighted by atomic mass is 10.0. The van der Waals surface area contributed by atoms with Crippen LogP contribution in [-0.2, 0) is 4.79 Å². The molecule has 0 saturated heterocycles. The van der Waals surface area contributed by atoms with E-state index in [0.717, 1.165) is 12.2 Å². The molecule has 0 aliphatic carbocycles. The van der Waals surface area contributed by atoms with E-state index in [-0.39, 0.29) is 11.9 Å². The number of thiophene rings is 1. The number of hydrogen-bond acceptors (Lipinski definition) is 3. The Morgan fingerprint density at radius 1 is 1.24 bits per heavy atom. The minimum Gasteiger partial charge on any atom is -0.326 e. The lowest BCUT2D eigenvalue weighted by Crippen LogP contribution is -2.23. The number of carbonyl (C=O) groups excluding carboxylic acids is 1. The number of benzene rings is 1. The van der Waals surface area contributed by atoms with Gasteiger partial charge >= 0.3 is 0 Å². The summed E-state index contributed by atoms with van der Waals surface area (Å²) < 4.78 is 0. The molecule has 0 fully saturated rings. The number of nitrogens with one attached hydrogen (secondary N) is 2. The third-order valence-electron chi connectivity index (χ3n) is 3.55. The molecule has 0 aliphatic rings. The molecule has 0 bridgehead atoms. The van der Waals surface area contributed by atoms with Crippen LogP contribution in [0, 0.1) is 0 Å². The lowest BCUT2D eigenvalue weighted by Gasteiger charge is -2.18. The summed E-state index contributed by atoms with van der Waals surface area (Å²) in [6, 6.07) is 10.4. The molecular weight excluding hydrogens is 280 g/mol. The zero-order valence-electron chi connectivity index (χ0n) is 12.7. The second kappa shape index (κ2) is 7.38. The van der Waals surface area contributed by atoms with Crippen LogP contribution in [0.2, 0.25) is 0 Å². The number of amides is 1. The van der Waals surface area contributed by atoms with Crippen molar-refractivity contribution in [2.75, 3.05) is 11.9 Å². The van der Waals surface area contributed by atoms with Gasteiger partial charge in [0, 0.05) is 25.2 Å². The van der Waals surface area contributed by atoms with Gasteiger partial charge in [0.1, 0.15) is 0 Å². The van der Waals surface area contributed by atoms with Gasteiger partial charge in [0.25, 0.3) is 0 Å². The zero-order valence-corrected chi connectivity index (χ0v) is 13.5. The molecule has 0 radical (unpaired) electrons. The Hall–Kier alpha value is -1.65. The van der Waals surface area contributed by atoms with E-state index in [9.17, 15) is 4.79 Å². The van der Waals surface area contributed by atoms with E-state index in [4.69, 9.17) is 0 Å². The van der Waals surface area contributed by atoms with Crippen molar-refractivity contribution in [2.24, 2.45) is 0 Å². The Kier molecular flexibility index (Phi) is 5.53. The van der Waals surface area contributed by atoms with Gasteiger partial charge in [-0.2, -0.15) is 11.3 Å². The number of anilines is 1. The summed E-state index contributed by atoms with van der Waals surface area (Å²) in [6.07, 6.45) is 0. The summed E-state index contributed by atoms with van der Waals surface area (Å²) in [5, 5.41) is 10.7. The van der Waals surface area contributed by atoms with E-state index >= 15 is 0 Å². The van der Waals surface area contributed by atoms with Crippen LogP contribution in [0.15, 0.2) is 41.1 Å². The highest BCUT2D eigenvalue weighted by molar-refractivity contribution is 7.07. The molecule has 1 heterocycles. The van der Waals surface area contributed by atoms with Crippen LogP contribution in [-0.4, -0.2) is 12.5 Å². The van der Waals surface area contributed by atoms with Crippen molar-refractivity contribution in [3.63, 3.8) is 0 Å². The highest BCUT2D eigenvalue weighted by Gasteiger charge is 2.10. The average molecular weight is 302 g/mol. The molecule has 0 aliphatic heterocycles. The predicted molar refractivity (Wildman–Crippen MR) is 89.9 cm³/mol. The molecule has 0 spiro atoms. The first kappa shape index (κ1) is 15.7. The first-order chi connectivity index (χ1) is 10.1. The standard InChI is InChI=1S/C17H22N2OS/c1-12(16-7-8-21-11-16)10-18-13(2)15-5-4-6-17(9-15)19-14(3)20/h4-9,11-13,18H,10H2,1-3H3,(H,19,20)/t12-,13+/m1/s1. The minimum atomic E-state index is -0.0427. The smallest absolute Gasteiger partial charge is 0.221 e. The second-order valence-corrected chi connectivity index (χ2v) is 6.17. The fourth-order valence-corrected chi connectivity index (χ4v) is 3.02. The van der Waals surface area contributed by atoms with Crippen molar-refractivity contribution in [3.8, 4) is 0 Å². The minimum absolute atomic E-state index is 0.0427. The average Bonchev–Trinajstić information content (AvgIpc) is 2.98. The third-order valence-corrected chi connectivity index (χ3v) is 4.25. The molecule has 1 amide bonds. The van der Waals surface area contributed by atoms with Crippen LogP contribution >= 0.6 is 11.3 Å². The van der Waals surface area contributed by atoms with Gasteiger partial charge < -0.3 is 10.6 Å². The number of hydrogen-bond donors (Lipinski definition) is 2. The van der Waals surface area contributed by atoms with Gasteiger partial charge in [-0.15, -0.1) is 0 Å². The molecule has 4 heteroatoms. The summed E-state index contributed by atoms with van der Waals surface area (Å²) >= 11 is 1.74. The fourth-order valence-electron chi connectivity index (χ4n) is 2.23. The summed E-state index contributed by atoms with van der Waals surface area (Å²) in [6.45, 7) is 6.84. The largest absolute Gasteiger partial charge is 0.326 e. The van der Waals surface area contributed by atoms with Crippen molar-refractivity contribution in [2.45, 2.75) is 32.7 Å². The van der Waals surface area contributed by atoms with Crippen LogP contribution in [0.4, 0.5) is 5.69 Å². The van der Waals surface area contributed by atoms with Crippen LogP contribution in [0.25, 0.3) is 0 Å². The van der Waals surface area contributed by atoms with Gasteiger partial charge in [-0.3, -0.25) is 4.79 Å². The van der Waals surface area contributed by atoms with Gasteiger partial charge in [-0.1, -0.05) is 19.1 Å². The molecule has 2 atom stereocenters. The third kappa shape index (κ3) is 4.69. The summed E-state index contributed by atoms with van der Waals surface area (Å²) in [7, 11) is 0. The molecule has 112 valence electrons. The summed E-state index contributed by atoms with van der Waals surface area (Å²) in [5.74, 6) is 0.455. The Labute approximate surface area is 130 Å². The van der Waals surface area contributed by atoms with Gasteiger partial charge in [-0.05, 0) is 52.9 Å². The monoisotopic (exact) mass is 302 g/mol. The number of carbonyl (C=O) groups is 1. The van der Waals surface area contributed by atoms with Crippen LogP contribution in [0.5, 0.6) is 0 Å². The molecule has 2 N–H and O–H groups in total. The van der Waals surface area contributed by atoms with Crippen molar-refractivity contribution in [3.05, 3.63) is 52.2 Å². The molecule has 2 rings (SSSR count). The highest BCUT2D eigenvalue weighted by atomic mass is 32.1. The molecule has 2 aromatic rings. The van der Waals surface area contributed by atoms with Gasteiger partial charge in [-0.25, -0.2) is 0 Å². The topological polar surface area (TPSA) is 41.1 Å². The van der Waals surface area contributed by atoms with Crippen LogP contribution in [0.1, 0.15) is 43.9 Å². The van der Waals surface area contributed by atoms with Crippen LogP contribution in [0.3, 0.4) is 0 Å². The first-order valence-electron chi connectivity index (χ1n) is 7.19. The molecule has 1 aromatic carbocycles. The molecule has 3 nitrogen and oxygen atoms in total. The van der Waals surface area contributed by atoms with Gasteiger partial charge in [0.15, 0.2) is 0 Å². The van der Waals surface area contributed by atoms with Gasteiger partial charge in [0.05, 0.1) is 0 Å².